The first-order valence-electron chi connectivity index (χ1n) is 5.67. The second-order valence-electron chi connectivity index (χ2n) is 5.47. The monoisotopic (exact) mass is 218 g/mol. The van der Waals surface area contributed by atoms with Crippen molar-refractivity contribution in [3.8, 4) is 0 Å². The SMILES string of the molecule is CC(C)N1CCC2(CN(C)CC2(F)F)C1. The Kier molecular flexibility index (Phi) is 2.54. The van der Waals surface area contributed by atoms with E-state index in [1.54, 1.807) is 11.9 Å². The first-order valence-corrected chi connectivity index (χ1v) is 5.67. The van der Waals surface area contributed by atoms with Crippen molar-refractivity contribution in [3.63, 3.8) is 0 Å². The zero-order valence-corrected chi connectivity index (χ0v) is 9.76. The molecule has 2 aliphatic rings. The number of alkyl halides is 2. The molecule has 0 aromatic carbocycles. The zero-order chi connectivity index (χ0) is 11.3. The van der Waals surface area contributed by atoms with E-state index in [4.69, 9.17) is 0 Å². The summed E-state index contributed by atoms with van der Waals surface area (Å²) < 4.78 is 27.8. The summed E-state index contributed by atoms with van der Waals surface area (Å²) in [5.74, 6) is -2.51. The van der Waals surface area contributed by atoms with Crippen LogP contribution in [0.3, 0.4) is 0 Å². The van der Waals surface area contributed by atoms with E-state index in [2.05, 4.69) is 18.7 Å². The molecule has 0 N–H and O–H groups in total. The molecule has 1 atom stereocenters. The Balaban J connectivity index is 2.15. The predicted octanol–water partition coefficient (Wildman–Crippen LogP) is 1.67. The van der Waals surface area contributed by atoms with Gasteiger partial charge in [0.05, 0.1) is 12.0 Å². The van der Waals surface area contributed by atoms with Crippen LogP contribution in [0.4, 0.5) is 8.78 Å². The second kappa shape index (κ2) is 3.39. The first kappa shape index (κ1) is 11.3. The van der Waals surface area contributed by atoms with Gasteiger partial charge < -0.3 is 4.90 Å². The van der Waals surface area contributed by atoms with Gasteiger partial charge in [0.15, 0.2) is 0 Å². The molecule has 2 fully saturated rings. The first-order chi connectivity index (χ1) is 6.86. The molecule has 0 aliphatic carbocycles. The molecule has 2 nitrogen and oxygen atoms in total. The van der Waals surface area contributed by atoms with Gasteiger partial charge in [-0.05, 0) is 33.9 Å². The van der Waals surface area contributed by atoms with Crippen molar-refractivity contribution in [2.45, 2.75) is 32.2 Å². The number of hydrogen-bond donors (Lipinski definition) is 0. The number of rotatable bonds is 1. The summed E-state index contributed by atoms with van der Waals surface area (Å²) in [5, 5.41) is 0. The fraction of sp³-hybridized carbons (Fsp3) is 1.00. The molecule has 0 radical (unpaired) electrons. The van der Waals surface area contributed by atoms with Crippen LogP contribution in [0.15, 0.2) is 0 Å². The van der Waals surface area contributed by atoms with Gasteiger partial charge in [0.25, 0.3) is 5.92 Å². The van der Waals surface area contributed by atoms with E-state index in [9.17, 15) is 8.78 Å². The molecule has 4 heteroatoms. The molecule has 2 rings (SSSR count). The maximum atomic E-state index is 13.9. The number of hydrogen-bond acceptors (Lipinski definition) is 2. The van der Waals surface area contributed by atoms with Gasteiger partial charge in [0, 0.05) is 19.1 Å². The van der Waals surface area contributed by atoms with Gasteiger partial charge in [-0.1, -0.05) is 0 Å². The summed E-state index contributed by atoms with van der Waals surface area (Å²) in [4.78, 5) is 3.94. The summed E-state index contributed by atoms with van der Waals surface area (Å²) >= 11 is 0. The average Bonchev–Trinajstić information content (AvgIpc) is 2.56. The molecule has 0 amide bonds. The standard InChI is InChI=1S/C11H20F2N2/c1-9(2)15-5-4-10(7-15)6-14(3)8-11(10,12)13/h9H,4-8H2,1-3H3. The highest BCUT2D eigenvalue weighted by molar-refractivity contribution is 5.07. The van der Waals surface area contributed by atoms with Crippen LogP contribution < -0.4 is 0 Å². The maximum absolute atomic E-state index is 13.9. The molecule has 0 aromatic heterocycles. The van der Waals surface area contributed by atoms with Crippen LogP contribution in [0.25, 0.3) is 0 Å². The average molecular weight is 218 g/mol. The van der Waals surface area contributed by atoms with Crippen LogP contribution in [0.2, 0.25) is 0 Å². The Morgan fingerprint density at radius 2 is 1.80 bits per heavy atom. The Labute approximate surface area is 90.2 Å². The highest BCUT2D eigenvalue weighted by Gasteiger charge is 2.61. The molecular weight excluding hydrogens is 198 g/mol. The Bertz CT molecular complexity index is 255. The number of likely N-dealkylation sites (tertiary alicyclic amines) is 2. The van der Waals surface area contributed by atoms with Crippen LogP contribution in [0.5, 0.6) is 0 Å². The highest BCUT2D eigenvalue weighted by Crippen LogP contribution is 2.49. The molecular formula is C11H20F2N2. The summed E-state index contributed by atoms with van der Waals surface area (Å²) in [7, 11) is 1.79. The van der Waals surface area contributed by atoms with Gasteiger partial charge in [-0.3, -0.25) is 4.90 Å². The van der Waals surface area contributed by atoms with E-state index in [1.165, 1.54) is 0 Å². The van der Waals surface area contributed by atoms with Gasteiger partial charge in [0.2, 0.25) is 0 Å². The van der Waals surface area contributed by atoms with E-state index in [-0.39, 0.29) is 6.54 Å². The van der Waals surface area contributed by atoms with E-state index < -0.39 is 11.3 Å². The minimum atomic E-state index is -2.51. The van der Waals surface area contributed by atoms with Crippen LogP contribution in [0.1, 0.15) is 20.3 Å². The minimum absolute atomic E-state index is 0.0705. The Morgan fingerprint density at radius 1 is 1.13 bits per heavy atom. The molecule has 15 heavy (non-hydrogen) atoms. The lowest BCUT2D eigenvalue weighted by molar-refractivity contribution is -0.0793. The quantitative estimate of drug-likeness (QED) is 0.660. The van der Waals surface area contributed by atoms with Crippen molar-refractivity contribution in [2.75, 3.05) is 33.2 Å². The fourth-order valence-electron chi connectivity index (χ4n) is 2.97. The third kappa shape index (κ3) is 1.68. The van der Waals surface area contributed by atoms with Crippen molar-refractivity contribution in [1.82, 2.24) is 9.80 Å². The van der Waals surface area contributed by atoms with Crippen LogP contribution in [-0.4, -0.2) is 55.0 Å². The van der Waals surface area contributed by atoms with Gasteiger partial charge in [-0.2, -0.15) is 0 Å². The lowest BCUT2D eigenvalue weighted by Crippen LogP contribution is -2.43. The summed E-state index contributed by atoms with van der Waals surface area (Å²) in [6, 6.07) is 0.381. The van der Waals surface area contributed by atoms with Crippen LogP contribution >= 0.6 is 0 Å². The van der Waals surface area contributed by atoms with E-state index in [0.29, 0.717) is 25.6 Å². The maximum Gasteiger partial charge on any atom is 0.268 e. The number of nitrogens with zero attached hydrogens (tertiary/aromatic N) is 2. The van der Waals surface area contributed by atoms with Crippen molar-refractivity contribution in [2.24, 2.45) is 5.41 Å². The van der Waals surface area contributed by atoms with E-state index >= 15 is 0 Å². The van der Waals surface area contributed by atoms with Crippen LogP contribution in [0, 0.1) is 5.41 Å². The lowest BCUT2D eigenvalue weighted by atomic mass is 9.83. The zero-order valence-electron chi connectivity index (χ0n) is 9.76. The van der Waals surface area contributed by atoms with Gasteiger partial charge in [-0.25, -0.2) is 8.78 Å². The van der Waals surface area contributed by atoms with Crippen LogP contribution in [-0.2, 0) is 0 Å². The molecule has 88 valence electrons. The van der Waals surface area contributed by atoms with Crippen molar-refractivity contribution in [3.05, 3.63) is 0 Å². The molecule has 0 saturated carbocycles. The van der Waals surface area contributed by atoms with Gasteiger partial charge >= 0.3 is 0 Å². The van der Waals surface area contributed by atoms with Gasteiger partial charge in [-0.15, -0.1) is 0 Å². The fourth-order valence-corrected chi connectivity index (χ4v) is 2.97. The second-order valence-corrected chi connectivity index (χ2v) is 5.47. The topological polar surface area (TPSA) is 6.48 Å². The summed E-state index contributed by atoms with van der Waals surface area (Å²) in [6.07, 6.45) is 0.641. The number of halogens is 2. The van der Waals surface area contributed by atoms with E-state index in [0.717, 1.165) is 6.54 Å². The molecule has 2 heterocycles. The molecule has 0 aromatic rings. The Morgan fingerprint density at radius 3 is 2.20 bits per heavy atom. The molecule has 1 spiro atoms. The van der Waals surface area contributed by atoms with Crippen molar-refractivity contribution in [1.29, 1.82) is 0 Å². The molecule has 2 aliphatic heterocycles. The third-order valence-corrected chi connectivity index (χ3v) is 3.93. The lowest BCUT2D eigenvalue weighted by Gasteiger charge is -2.30. The van der Waals surface area contributed by atoms with Gasteiger partial charge in [0.1, 0.15) is 0 Å². The Hall–Kier alpha value is -0.220. The largest absolute Gasteiger partial charge is 0.300 e. The molecule has 1 unspecified atom stereocenters. The highest BCUT2D eigenvalue weighted by atomic mass is 19.3. The normalized spacial score (nSPS) is 37.2. The molecule has 0 bridgehead atoms. The smallest absolute Gasteiger partial charge is 0.268 e. The molecule has 2 saturated heterocycles. The predicted molar refractivity (Wildman–Crippen MR) is 56.2 cm³/mol. The van der Waals surface area contributed by atoms with E-state index in [1.807, 2.05) is 0 Å². The third-order valence-electron chi connectivity index (χ3n) is 3.93. The van der Waals surface area contributed by atoms with Crippen molar-refractivity contribution < 1.29 is 8.78 Å². The summed E-state index contributed by atoms with van der Waals surface area (Å²) in [6.45, 7) is 6.01. The van der Waals surface area contributed by atoms with Crippen molar-refractivity contribution >= 4 is 0 Å². The summed E-state index contributed by atoms with van der Waals surface area (Å²) in [5.41, 5.74) is -0.772. The minimum Gasteiger partial charge on any atom is -0.300 e.